The standard InChI is InChI=1S/C26H34N2O3/c1-17(20-10-8-18(9-11-20)12-21-4-2-6-24(21)29)26(31)27-14-19-13-22(16-27)23-5-3-7-25(30)28(23)15-19/h8-11,17,19,21-23H,2-7,12-16H2,1H3/t17-,19-,21+,22+,23-/m1/s1. The first-order valence-electron chi connectivity index (χ1n) is 12.2. The van der Waals surface area contributed by atoms with Gasteiger partial charge in [-0.3, -0.25) is 14.4 Å². The largest absolute Gasteiger partial charge is 0.341 e. The quantitative estimate of drug-likeness (QED) is 0.745. The Hall–Kier alpha value is -2.17. The van der Waals surface area contributed by atoms with Crippen molar-refractivity contribution < 1.29 is 14.4 Å². The third-order valence-electron chi connectivity index (χ3n) is 8.25. The number of hydrogen-bond donors (Lipinski definition) is 0. The number of piperidine rings is 3. The highest BCUT2D eigenvalue weighted by molar-refractivity contribution is 5.84. The lowest BCUT2D eigenvalue weighted by Gasteiger charge is -2.52. The van der Waals surface area contributed by atoms with Crippen molar-refractivity contribution in [1.29, 1.82) is 0 Å². The summed E-state index contributed by atoms with van der Waals surface area (Å²) >= 11 is 0. The van der Waals surface area contributed by atoms with Crippen molar-refractivity contribution in [2.75, 3.05) is 19.6 Å². The van der Waals surface area contributed by atoms with E-state index in [1.165, 1.54) is 5.56 Å². The average molecular weight is 423 g/mol. The summed E-state index contributed by atoms with van der Waals surface area (Å²) < 4.78 is 0. The van der Waals surface area contributed by atoms with Gasteiger partial charge in [0.2, 0.25) is 11.8 Å². The second kappa shape index (κ2) is 8.40. The number of carbonyl (C=O) groups excluding carboxylic acids is 3. The summed E-state index contributed by atoms with van der Waals surface area (Å²) in [6.45, 7) is 4.40. The monoisotopic (exact) mass is 422 g/mol. The Morgan fingerprint density at radius 1 is 1.03 bits per heavy atom. The van der Waals surface area contributed by atoms with Gasteiger partial charge in [-0.1, -0.05) is 24.3 Å². The lowest BCUT2D eigenvalue weighted by Crippen LogP contribution is -2.61. The first-order valence-corrected chi connectivity index (χ1v) is 12.2. The van der Waals surface area contributed by atoms with Gasteiger partial charge in [-0.2, -0.15) is 0 Å². The number of Topliss-reactive ketones (excluding diaryl/α,β-unsaturated/α-hetero) is 1. The zero-order valence-corrected chi connectivity index (χ0v) is 18.6. The van der Waals surface area contributed by atoms with Crippen LogP contribution >= 0.6 is 0 Å². The molecule has 3 aliphatic heterocycles. The molecule has 3 heterocycles. The van der Waals surface area contributed by atoms with Crippen molar-refractivity contribution in [3.05, 3.63) is 35.4 Å². The van der Waals surface area contributed by atoms with Crippen LogP contribution in [-0.4, -0.2) is 53.1 Å². The van der Waals surface area contributed by atoms with Crippen molar-refractivity contribution in [3.63, 3.8) is 0 Å². The smallest absolute Gasteiger partial charge is 0.229 e. The van der Waals surface area contributed by atoms with Crippen LogP contribution in [0.5, 0.6) is 0 Å². The number of likely N-dealkylation sites (tertiary alicyclic amines) is 1. The van der Waals surface area contributed by atoms with E-state index in [2.05, 4.69) is 34.1 Å². The number of carbonyl (C=O) groups is 3. The van der Waals surface area contributed by atoms with Gasteiger partial charge >= 0.3 is 0 Å². The fourth-order valence-corrected chi connectivity index (χ4v) is 6.54. The fourth-order valence-electron chi connectivity index (χ4n) is 6.54. The van der Waals surface area contributed by atoms with Gasteiger partial charge in [0, 0.05) is 44.4 Å². The molecule has 0 N–H and O–H groups in total. The van der Waals surface area contributed by atoms with E-state index in [9.17, 15) is 14.4 Å². The van der Waals surface area contributed by atoms with Crippen LogP contribution in [0.15, 0.2) is 24.3 Å². The van der Waals surface area contributed by atoms with E-state index in [0.29, 0.717) is 36.0 Å². The van der Waals surface area contributed by atoms with Crippen molar-refractivity contribution in [1.82, 2.24) is 9.80 Å². The van der Waals surface area contributed by atoms with Crippen LogP contribution in [0.4, 0.5) is 0 Å². The zero-order valence-electron chi connectivity index (χ0n) is 18.6. The molecule has 3 saturated heterocycles. The molecule has 1 saturated carbocycles. The number of rotatable bonds is 4. The SMILES string of the molecule is C[C@@H](C(=O)N1C[C@H]2C[C@@H](C1)[C@H]1CCCC(=O)N1C2)c1ccc(C[C@@H]2CCCC2=O)cc1. The maximum atomic E-state index is 13.4. The molecule has 1 aromatic rings. The summed E-state index contributed by atoms with van der Waals surface area (Å²) in [6, 6.07) is 8.68. The molecule has 5 atom stereocenters. The summed E-state index contributed by atoms with van der Waals surface area (Å²) in [5, 5.41) is 0. The van der Waals surface area contributed by atoms with Gasteiger partial charge in [0.15, 0.2) is 0 Å². The topological polar surface area (TPSA) is 57.7 Å². The average Bonchev–Trinajstić information content (AvgIpc) is 3.18. The summed E-state index contributed by atoms with van der Waals surface area (Å²) in [4.78, 5) is 41.8. The molecule has 2 bridgehead atoms. The predicted molar refractivity (Wildman–Crippen MR) is 118 cm³/mol. The highest BCUT2D eigenvalue weighted by Gasteiger charge is 2.45. The molecule has 5 heteroatoms. The minimum Gasteiger partial charge on any atom is -0.341 e. The van der Waals surface area contributed by atoms with Gasteiger partial charge < -0.3 is 9.80 Å². The van der Waals surface area contributed by atoms with E-state index in [0.717, 1.165) is 70.1 Å². The lowest BCUT2D eigenvalue weighted by molar-refractivity contribution is -0.149. The van der Waals surface area contributed by atoms with Crippen LogP contribution < -0.4 is 0 Å². The molecule has 0 spiro atoms. The first-order chi connectivity index (χ1) is 15.0. The van der Waals surface area contributed by atoms with E-state index < -0.39 is 0 Å². The zero-order chi connectivity index (χ0) is 21.5. The van der Waals surface area contributed by atoms with Gasteiger partial charge in [0.25, 0.3) is 0 Å². The summed E-state index contributed by atoms with van der Waals surface area (Å²) in [7, 11) is 0. The lowest BCUT2D eigenvalue weighted by atomic mass is 9.75. The Kier molecular flexibility index (Phi) is 5.61. The van der Waals surface area contributed by atoms with E-state index in [4.69, 9.17) is 0 Å². The third kappa shape index (κ3) is 4.04. The van der Waals surface area contributed by atoms with E-state index in [1.807, 2.05) is 6.92 Å². The molecule has 4 fully saturated rings. The molecule has 0 aromatic heterocycles. The Bertz CT molecular complexity index is 864. The summed E-state index contributed by atoms with van der Waals surface area (Å²) in [5.74, 6) is 1.80. The van der Waals surface area contributed by atoms with E-state index in [-0.39, 0.29) is 17.7 Å². The van der Waals surface area contributed by atoms with Crippen LogP contribution in [0.2, 0.25) is 0 Å². The Labute approximate surface area is 185 Å². The van der Waals surface area contributed by atoms with Crippen molar-refractivity contribution in [2.24, 2.45) is 17.8 Å². The minimum atomic E-state index is -0.162. The second-order valence-electron chi connectivity index (χ2n) is 10.3. The van der Waals surface area contributed by atoms with Crippen LogP contribution in [-0.2, 0) is 20.8 Å². The Morgan fingerprint density at radius 3 is 2.55 bits per heavy atom. The van der Waals surface area contributed by atoms with Crippen LogP contribution in [0, 0.1) is 17.8 Å². The second-order valence-corrected chi connectivity index (χ2v) is 10.3. The van der Waals surface area contributed by atoms with Gasteiger partial charge in [0.05, 0.1) is 5.92 Å². The molecule has 2 amide bonds. The first kappa shape index (κ1) is 20.7. The molecule has 5 rings (SSSR count). The molecule has 1 aromatic carbocycles. The minimum absolute atomic E-state index is 0.162. The maximum Gasteiger partial charge on any atom is 0.229 e. The molecule has 4 aliphatic rings. The van der Waals surface area contributed by atoms with Crippen LogP contribution in [0.3, 0.4) is 0 Å². The highest BCUT2D eigenvalue weighted by atomic mass is 16.2. The van der Waals surface area contributed by atoms with E-state index in [1.54, 1.807) is 0 Å². The normalized spacial score (nSPS) is 31.5. The molecule has 5 nitrogen and oxygen atoms in total. The summed E-state index contributed by atoms with van der Waals surface area (Å²) in [6.07, 6.45) is 7.53. The molecular formula is C26H34N2O3. The predicted octanol–water partition coefficient (Wildman–Crippen LogP) is 3.56. The molecule has 166 valence electrons. The van der Waals surface area contributed by atoms with Gasteiger partial charge in [0.1, 0.15) is 5.78 Å². The number of ketones is 1. The van der Waals surface area contributed by atoms with Crippen molar-refractivity contribution in [2.45, 2.75) is 70.3 Å². The van der Waals surface area contributed by atoms with Gasteiger partial charge in [-0.05, 0) is 68.4 Å². The van der Waals surface area contributed by atoms with Crippen molar-refractivity contribution in [3.8, 4) is 0 Å². The van der Waals surface area contributed by atoms with E-state index >= 15 is 0 Å². The van der Waals surface area contributed by atoms with Crippen LogP contribution in [0.25, 0.3) is 0 Å². The van der Waals surface area contributed by atoms with Gasteiger partial charge in [-0.15, -0.1) is 0 Å². The molecule has 31 heavy (non-hydrogen) atoms. The molecular weight excluding hydrogens is 388 g/mol. The fraction of sp³-hybridized carbons (Fsp3) is 0.654. The maximum absolute atomic E-state index is 13.4. The summed E-state index contributed by atoms with van der Waals surface area (Å²) in [5.41, 5.74) is 2.25. The number of nitrogens with zero attached hydrogens (tertiary/aromatic N) is 2. The Balaban J connectivity index is 1.23. The highest BCUT2D eigenvalue weighted by Crippen LogP contribution is 2.38. The number of benzene rings is 1. The van der Waals surface area contributed by atoms with Crippen LogP contribution in [0.1, 0.15) is 68.9 Å². The molecule has 0 unspecified atom stereocenters. The van der Waals surface area contributed by atoms with Crippen molar-refractivity contribution >= 4 is 17.6 Å². The number of fused-ring (bicyclic) bond motifs is 4. The third-order valence-corrected chi connectivity index (χ3v) is 8.25. The number of hydrogen-bond acceptors (Lipinski definition) is 3. The van der Waals surface area contributed by atoms with Gasteiger partial charge in [-0.25, -0.2) is 0 Å². The molecule has 0 radical (unpaired) electrons. The Morgan fingerprint density at radius 2 is 1.81 bits per heavy atom. The molecule has 1 aliphatic carbocycles. The number of amides is 2.